The van der Waals surface area contributed by atoms with E-state index in [1.54, 1.807) is 25.1 Å². The van der Waals surface area contributed by atoms with Gasteiger partial charge < -0.3 is 24.9 Å². The number of carboxylic acid groups (broad SMARTS) is 1. The van der Waals surface area contributed by atoms with E-state index in [-0.39, 0.29) is 12.2 Å². The Morgan fingerprint density at radius 3 is 2.52 bits per heavy atom. The van der Waals surface area contributed by atoms with Crippen LogP contribution in [0.15, 0.2) is 54.7 Å². The van der Waals surface area contributed by atoms with Gasteiger partial charge >= 0.3 is 17.9 Å². The number of esters is 2. The lowest BCUT2D eigenvalue weighted by Gasteiger charge is -2.34. The SMILES string of the molecule is CCOC(=O)C1c2c([nH]c3ccccc23)C=CNC1(COC(=O)c1ccc(F)cc1)C(=O)O. The van der Waals surface area contributed by atoms with E-state index in [1.165, 1.54) is 18.3 Å². The highest BCUT2D eigenvalue weighted by atomic mass is 19.1. The minimum Gasteiger partial charge on any atom is -0.479 e. The van der Waals surface area contributed by atoms with Crippen LogP contribution in [-0.4, -0.2) is 46.8 Å². The summed E-state index contributed by atoms with van der Waals surface area (Å²) in [5.41, 5.74) is -0.345. The van der Waals surface area contributed by atoms with Gasteiger partial charge in [-0.15, -0.1) is 0 Å². The summed E-state index contributed by atoms with van der Waals surface area (Å²) >= 11 is 0. The summed E-state index contributed by atoms with van der Waals surface area (Å²) in [7, 11) is 0. The number of aromatic amines is 1. The normalized spacial score (nSPS) is 19.3. The van der Waals surface area contributed by atoms with Gasteiger partial charge in [0, 0.05) is 22.2 Å². The molecule has 0 saturated carbocycles. The molecule has 1 aliphatic heterocycles. The van der Waals surface area contributed by atoms with Crippen LogP contribution >= 0.6 is 0 Å². The Morgan fingerprint density at radius 2 is 1.82 bits per heavy atom. The first-order valence-electron chi connectivity index (χ1n) is 10.2. The first kappa shape index (κ1) is 22.1. The zero-order chi connectivity index (χ0) is 23.6. The quantitative estimate of drug-likeness (QED) is 0.492. The summed E-state index contributed by atoms with van der Waals surface area (Å²) in [5, 5.41) is 13.7. The molecule has 8 nitrogen and oxygen atoms in total. The van der Waals surface area contributed by atoms with Crippen LogP contribution in [0.25, 0.3) is 17.0 Å². The number of para-hydroxylation sites is 1. The molecule has 0 bridgehead atoms. The lowest BCUT2D eigenvalue weighted by molar-refractivity contribution is -0.158. The van der Waals surface area contributed by atoms with Crippen LogP contribution in [0.5, 0.6) is 0 Å². The zero-order valence-electron chi connectivity index (χ0n) is 17.6. The standard InChI is InChI=1S/C24H21FN2O6/c1-2-32-22(29)20-19-16-5-3-4-6-17(16)27-18(19)11-12-26-24(20,23(30)31)13-33-21(28)14-7-9-15(25)10-8-14/h3-12,20,26-27H,2,13H2,1H3,(H,30,31). The molecule has 3 N–H and O–H groups in total. The highest BCUT2D eigenvalue weighted by Crippen LogP contribution is 2.40. The van der Waals surface area contributed by atoms with E-state index in [1.807, 2.05) is 12.1 Å². The Kier molecular flexibility index (Phi) is 5.87. The number of fused-ring (bicyclic) bond motifs is 3. The molecule has 3 aromatic rings. The summed E-state index contributed by atoms with van der Waals surface area (Å²) in [4.78, 5) is 41.6. The van der Waals surface area contributed by atoms with Gasteiger partial charge in [-0.25, -0.2) is 14.0 Å². The van der Waals surface area contributed by atoms with E-state index < -0.39 is 41.8 Å². The maximum absolute atomic E-state index is 13.2. The molecule has 9 heteroatoms. The second kappa shape index (κ2) is 8.78. The van der Waals surface area contributed by atoms with Crippen molar-refractivity contribution in [3.8, 4) is 0 Å². The van der Waals surface area contributed by atoms with Crippen molar-refractivity contribution >= 4 is 34.9 Å². The molecule has 0 spiro atoms. The number of carbonyl (C=O) groups is 3. The van der Waals surface area contributed by atoms with Crippen LogP contribution in [0.3, 0.4) is 0 Å². The van der Waals surface area contributed by atoms with Crippen molar-refractivity contribution in [1.82, 2.24) is 10.3 Å². The number of aromatic nitrogens is 1. The lowest BCUT2D eigenvalue weighted by Crippen LogP contribution is -2.60. The predicted molar refractivity (Wildman–Crippen MR) is 117 cm³/mol. The van der Waals surface area contributed by atoms with E-state index in [4.69, 9.17) is 9.47 Å². The van der Waals surface area contributed by atoms with Gasteiger partial charge in [-0.1, -0.05) is 18.2 Å². The van der Waals surface area contributed by atoms with Crippen LogP contribution in [-0.2, 0) is 19.1 Å². The van der Waals surface area contributed by atoms with E-state index in [2.05, 4.69) is 10.3 Å². The molecule has 0 radical (unpaired) electrons. The van der Waals surface area contributed by atoms with E-state index in [9.17, 15) is 23.9 Å². The van der Waals surface area contributed by atoms with Crippen LogP contribution in [0, 0.1) is 5.82 Å². The maximum atomic E-state index is 13.2. The lowest BCUT2D eigenvalue weighted by atomic mass is 9.78. The van der Waals surface area contributed by atoms with Crippen molar-refractivity contribution in [3.05, 3.63) is 77.4 Å². The van der Waals surface area contributed by atoms with Gasteiger partial charge in [-0.2, -0.15) is 0 Å². The molecule has 2 atom stereocenters. The summed E-state index contributed by atoms with van der Waals surface area (Å²) in [6.07, 6.45) is 3.02. The van der Waals surface area contributed by atoms with Gasteiger partial charge in [0.05, 0.1) is 12.2 Å². The molecule has 0 fully saturated rings. The highest BCUT2D eigenvalue weighted by molar-refractivity contribution is 5.99. The number of rotatable bonds is 6. The molecule has 4 rings (SSSR count). The summed E-state index contributed by atoms with van der Waals surface area (Å²) < 4.78 is 23.8. The Labute approximate surface area is 188 Å². The molecule has 0 amide bonds. The Morgan fingerprint density at radius 1 is 1.09 bits per heavy atom. The number of hydrogen-bond acceptors (Lipinski definition) is 6. The van der Waals surface area contributed by atoms with Crippen molar-refractivity contribution in [3.63, 3.8) is 0 Å². The van der Waals surface area contributed by atoms with Crippen LogP contribution < -0.4 is 5.32 Å². The second-order valence-electron chi connectivity index (χ2n) is 7.52. The highest BCUT2D eigenvalue weighted by Gasteiger charge is 2.54. The molecule has 33 heavy (non-hydrogen) atoms. The molecular weight excluding hydrogens is 431 g/mol. The van der Waals surface area contributed by atoms with Gasteiger partial charge in [0.2, 0.25) is 0 Å². The third-order valence-electron chi connectivity index (χ3n) is 5.56. The number of carboxylic acids is 1. The average Bonchev–Trinajstić information content (AvgIpc) is 3.06. The predicted octanol–water partition coefficient (Wildman–Crippen LogP) is 3.21. The van der Waals surface area contributed by atoms with Crippen molar-refractivity contribution in [2.24, 2.45) is 0 Å². The summed E-state index contributed by atoms with van der Waals surface area (Å²) in [5.74, 6) is -4.92. The fourth-order valence-corrected chi connectivity index (χ4v) is 4.00. The first-order chi connectivity index (χ1) is 15.9. The van der Waals surface area contributed by atoms with E-state index in [0.717, 1.165) is 12.1 Å². The van der Waals surface area contributed by atoms with Crippen LogP contribution in [0.1, 0.15) is 34.5 Å². The molecule has 2 aromatic carbocycles. The number of carbonyl (C=O) groups excluding carboxylic acids is 2. The van der Waals surface area contributed by atoms with Gasteiger partial charge in [-0.3, -0.25) is 4.79 Å². The number of H-pyrrole nitrogens is 1. The minimum absolute atomic E-state index is 0.0333. The fraction of sp³-hybridized carbons (Fsp3) is 0.208. The van der Waals surface area contributed by atoms with Crippen molar-refractivity contribution < 1.29 is 33.4 Å². The van der Waals surface area contributed by atoms with Crippen LogP contribution in [0.2, 0.25) is 0 Å². The van der Waals surface area contributed by atoms with Crippen molar-refractivity contribution in [1.29, 1.82) is 0 Å². The number of halogens is 1. The number of hydrogen-bond donors (Lipinski definition) is 3. The average molecular weight is 452 g/mol. The smallest absolute Gasteiger partial charge is 0.338 e. The third kappa shape index (κ3) is 3.93. The Hall–Kier alpha value is -4.14. The largest absolute Gasteiger partial charge is 0.479 e. The number of aliphatic carboxylic acids is 1. The molecule has 2 heterocycles. The topological polar surface area (TPSA) is 118 Å². The van der Waals surface area contributed by atoms with Crippen molar-refractivity contribution in [2.75, 3.05) is 13.2 Å². The number of nitrogens with one attached hydrogen (secondary N) is 2. The van der Waals surface area contributed by atoms with Gasteiger partial charge in [-0.05, 0) is 49.5 Å². The minimum atomic E-state index is -2.06. The first-order valence-corrected chi connectivity index (χ1v) is 10.2. The second-order valence-corrected chi connectivity index (χ2v) is 7.52. The molecule has 2 unspecified atom stereocenters. The molecule has 0 aliphatic carbocycles. The third-order valence-corrected chi connectivity index (χ3v) is 5.56. The monoisotopic (exact) mass is 452 g/mol. The van der Waals surface area contributed by atoms with Crippen LogP contribution in [0.4, 0.5) is 4.39 Å². The number of benzene rings is 2. The summed E-state index contributed by atoms with van der Waals surface area (Å²) in [6, 6.07) is 11.8. The number of ether oxygens (including phenoxy) is 2. The van der Waals surface area contributed by atoms with Crippen molar-refractivity contribution in [2.45, 2.75) is 18.4 Å². The molecule has 0 saturated heterocycles. The molecular formula is C24H21FN2O6. The van der Waals surface area contributed by atoms with E-state index in [0.29, 0.717) is 22.2 Å². The zero-order valence-corrected chi connectivity index (χ0v) is 17.6. The fourth-order valence-electron chi connectivity index (χ4n) is 4.00. The Bertz CT molecular complexity index is 1250. The van der Waals surface area contributed by atoms with Gasteiger partial charge in [0.25, 0.3) is 0 Å². The molecule has 170 valence electrons. The molecule has 1 aromatic heterocycles. The Balaban J connectivity index is 1.80. The summed E-state index contributed by atoms with van der Waals surface area (Å²) in [6.45, 7) is 0.963. The molecule has 1 aliphatic rings. The maximum Gasteiger partial charge on any atom is 0.338 e. The van der Waals surface area contributed by atoms with E-state index >= 15 is 0 Å². The van der Waals surface area contributed by atoms with Gasteiger partial charge in [0.1, 0.15) is 18.3 Å². The van der Waals surface area contributed by atoms with Gasteiger partial charge in [0.15, 0.2) is 5.54 Å².